The lowest BCUT2D eigenvalue weighted by atomic mass is 10.2. The van der Waals surface area contributed by atoms with E-state index in [9.17, 15) is 14.7 Å². The lowest BCUT2D eigenvalue weighted by molar-refractivity contribution is 0.0684. The predicted octanol–water partition coefficient (Wildman–Crippen LogP) is 2.42. The van der Waals surface area contributed by atoms with Crippen LogP contribution < -0.4 is 4.90 Å². The van der Waals surface area contributed by atoms with Crippen LogP contribution in [-0.4, -0.2) is 31.9 Å². The lowest BCUT2D eigenvalue weighted by Crippen LogP contribution is -2.33. The molecular formula is C18H14N4O3. The van der Waals surface area contributed by atoms with Gasteiger partial charge in [0.1, 0.15) is 5.82 Å². The van der Waals surface area contributed by atoms with Crippen LogP contribution in [0.25, 0.3) is 0 Å². The van der Waals surface area contributed by atoms with E-state index < -0.39 is 11.9 Å². The zero-order chi connectivity index (χ0) is 17.6. The Bertz CT molecular complexity index is 885. The van der Waals surface area contributed by atoms with Crippen molar-refractivity contribution in [3.8, 4) is 0 Å². The number of hydrogen-bond donors (Lipinski definition) is 1. The van der Waals surface area contributed by atoms with Crippen LogP contribution in [0.3, 0.4) is 0 Å². The molecule has 7 heteroatoms. The maximum absolute atomic E-state index is 13.0. The number of carbonyl (C=O) groups excluding carboxylic acids is 1. The van der Waals surface area contributed by atoms with E-state index >= 15 is 0 Å². The van der Waals surface area contributed by atoms with Crippen LogP contribution in [0.4, 0.5) is 5.82 Å². The van der Waals surface area contributed by atoms with Crippen molar-refractivity contribution in [1.29, 1.82) is 0 Å². The molecule has 0 radical (unpaired) electrons. The van der Waals surface area contributed by atoms with Crippen molar-refractivity contribution >= 4 is 17.7 Å². The van der Waals surface area contributed by atoms with E-state index in [1.54, 1.807) is 24.4 Å². The highest BCUT2D eigenvalue weighted by Gasteiger charge is 2.26. The molecule has 1 amide bonds. The molecule has 0 atom stereocenters. The zero-order valence-electron chi connectivity index (χ0n) is 13.1. The second-order valence-corrected chi connectivity index (χ2v) is 5.12. The van der Waals surface area contributed by atoms with E-state index in [0.29, 0.717) is 5.82 Å². The van der Waals surface area contributed by atoms with E-state index in [1.807, 2.05) is 30.3 Å². The van der Waals surface area contributed by atoms with Gasteiger partial charge in [0.2, 0.25) is 0 Å². The van der Waals surface area contributed by atoms with Gasteiger partial charge in [-0.25, -0.2) is 19.7 Å². The number of carbonyl (C=O) groups is 2. The number of carboxylic acids is 1. The first-order chi connectivity index (χ1) is 12.2. The first-order valence-electron chi connectivity index (χ1n) is 7.48. The molecule has 0 aliphatic carbocycles. The molecule has 2 aromatic heterocycles. The molecule has 25 heavy (non-hydrogen) atoms. The molecule has 3 aromatic rings. The normalized spacial score (nSPS) is 10.2. The van der Waals surface area contributed by atoms with Crippen LogP contribution in [0.2, 0.25) is 0 Å². The third kappa shape index (κ3) is 3.66. The van der Waals surface area contributed by atoms with Crippen molar-refractivity contribution in [2.45, 2.75) is 6.54 Å². The van der Waals surface area contributed by atoms with Gasteiger partial charge in [-0.15, -0.1) is 0 Å². The van der Waals surface area contributed by atoms with Gasteiger partial charge in [0.25, 0.3) is 5.91 Å². The minimum absolute atomic E-state index is 0.225. The van der Waals surface area contributed by atoms with Crippen LogP contribution in [0.1, 0.15) is 26.5 Å². The van der Waals surface area contributed by atoms with Crippen molar-refractivity contribution in [2.24, 2.45) is 0 Å². The van der Waals surface area contributed by atoms with E-state index in [1.165, 1.54) is 17.3 Å². The van der Waals surface area contributed by atoms with Crippen LogP contribution in [0, 0.1) is 0 Å². The van der Waals surface area contributed by atoms with Gasteiger partial charge in [-0.05, 0) is 17.7 Å². The van der Waals surface area contributed by atoms with Crippen molar-refractivity contribution in [3.05, 3.63) is 84.1 Å². The average Bonchev–Trinajstić information content (AvgIpc) is 2.67. The average molecular weight is 334 g/mol. The van der Waals surface area contributed by atoms with Gasteiger partial charge in [0, 0.05) is 18.6 Å². The molecule has 0 bridgehead atoms. The summed E-state index contributed by atoms with van der Waals surface area (Å²) in [5, 5.41) is 9.27. The number of nitrogens with zero attached hydrogens (tertiary/aromatic N) is 4. The molecule has 1 aromatic carbocycles. The molecule has 7 nitrogen and oxygen atoms in total. The van der Waals surface area contributed by atoms with Crippen LogP contribution in [0.5, 0.6) is 0 Å². The van der Waals surface area contributed by atoms with Crippen LogP contribution in [0.15, 0.2) is 67.1 Å². The number of pyridine rings is 1. The highest BCUT2D eigenvalue weighted by molar-refractivity contribution is 6.09. The Balaban J connectivity index is 2.03. The van der Waals surface area contributed by atoms with E-state index in [0.717, 1.165) is 5.56 Å². The second-order valence-electron chi connectivity index (χ2n) is 5.12. The third-order valence-electron chi connectivity index (χ3n) is 3.46. The summed E-state index contributed by atoms with van der Waals surface area (Å²) in [5.74, 6) is -1.48. The van der Waals surface area contributed by atoms with Crippen LogP contribution >= 0.6 is 0 Å². The highest BCUT2D eigenvalue weighted by Crippen LogP contribution is 2.18. The Morgan fingerprint density at radius 1 is 0.840 bits per heavy atom. The summed E-state index contributed by atoms with van der Waals surface area (Å²) in [5.41, 5.74) is 0.264. The van der Waals surface area contributed by atoms with Crippen molar-refractivity contribution < 1.29 is 14.7 Å². The number of hydrogen-bond acceptors (Lipinski definition) is 5. The smallest absolute Gasteiger partial charge is 0.356 e. The fraction of sp³-hybridized carbons (Fsp3) is 0.0556. The molecule has 0 aliphatic rings. The Morgan fingerprint density at radius 2 is 1.52 bits per heavy atom. The molecule has 0 saturated carbocycles. The molecule has 1 N–H and O–H groups in total. The van der Waals surface area contributed by atoms with Crippen LogP contribution in [-0.2, 0) is 6.54 Å². The summed E-state index contributed by atoms with van der Waals surface area (Å²) in [6.45, 7) is 0.228. The standard InChI is InChI=1S/C18H14N4O3/c23-17(15-16(18(24)25)21-11-10-20-15)22(14-8-4-5-9-19-14)12-13-6-2-1-3-7-13/h1-11H,12H2,(H,24,25). The number of anilines is 1. The fourth-order valence-electron chi connectivity index (χ4n) is 2.32. The molecule has 0 unspecified atom stereocenters. The number of aromatic nitrogens is 3. The van der Waals surface area contributed by atoms with Gasteiger partial charge < -0.3 is 5.11 Å². The Morgan fingerprint density at radius 3 is 2.16 bits per heavy atom. The first kappa shape index (κ1) is 16.3. The summed E-state index contributed by atoms with van der Waals surface area (Å²) in [6, 6.07) is 14.5. The van der Waals surface area contributed by atoms with Gasteiger partial charge in [-0.3, -0.25) is 9.69 Å². The number of carboxylic acid groups (broad SMARTS) is 1. The summed E-state index contributed by atoms with van der Waals surface area (Å²) in [4.78, 5) is 37.6. The zero-order valence-corrected chi connectivity index (χ0v) is 13.1. The van der Waals surface area contributed by atoms with Crippen molar-refractivity contribution in [1.82, 2.24) is 15.0 Å². The molecule has 124 valence electrons. The minimum Gasteiger partial charge on any atom is -0.476 e. The SMILES string of the molecule is O=C(O)c1nccnc1C(=O)N(Cc1ccccc1)c1ccccn1. The summed E-state index contributed by atoms with van der Waals surface area (Å²) in [6.07, 6.45) is 4.09. The lowest BCUT2D eigenvalue weighted by Gasteiger charge is -2.21. The summed E-state index contributed by atoms with van der Waals surface area (Å²) < 4.78 is 0. The van der Waals surface area contributed by atoms with E-state index in [-0.39, 0.29) is 17.9 Å². The van der Waals surface area contributed by atoms with Gasteiger partial charge in [0.05, 0.1) is 6.54 Å². The molecular weight excluding hydrogens is 320 g/mol. The fourth-order valence-corrected chi connectivity index (χ4v) is 2.32. The van der Waals surface area contributed by atoms with Gasteiger partial charge in [0.15, 0.2) is 11.4 Å². The largest absolute Gasteiger partial charge is 0.476 e. The molecule has 0 spiro atoms. The Kier molecular flexibility index (Phi) is 4.75. The van der Waals surface area contributed by atoms with Gasteiger partial charge >= 0.3 is 5.97 Å². The number of rotatable bonds is 5. The van der Waals surface area contributed by atoms with E-state index in [2.05, 4.69) is 15.0 Å². The maximum Gasteiger partial charge on any atom is 0.356 e. The molecule has 2 heterocycles. The highest BCUT2D eigenvalue weighted by atomic mass is 16.4. The van der Waals surface area contributed by atoms with Crippen molar-refractivity contribution in [3.63, 3.8) is 0 Å². The molecule has 0 saturated heterocycles. The summed E-state index contributed by atoms with van der Waals surface area (Å²) >= 11 is 0. The molecule has 0 fully saturated rings. The molecule has 3 rings (SSSR count). The number of aromatic carboxylic acids is 1. The van der Waals surface area contributed by atoms with E-state index in [4.69, 9.17) is 0 Å². The topological polar surface area (TPSA) is 96.3 Å². The predicted molar refractivity (Wildman–Crippen MR) is 90.2 cm³/mol. The van der Waals surface area contributed by atoms with Crippen molar-refractivity contribution in [2.75, 3.05) is 4.90 Å². The third-order valence-corrected chi connectivity index (χ3v) is 3.46. The summed E-state index contributed by atoms with van der Waals surface area (Å²) in [7, 11) is 0. The monoisotopic (exact) mass is 334 g/mol. The second kappa shape index (κ2) is 7.31. The first-order valence-corrected chi connectivity index (χ1v) is 7.48. The van der Waals surface area contributed by atoms with Gasteiger partial charge in [-0.2, -0.15) is 0 Å². The van der Waals surface area contributed by atoms with Gasteiger partial charge in [-0.1, -0.05) is 36.4 Å². The maximum atomic E-state index is 13.0. The number of benzene rings is 1. The molecule has 0 aliphatic heterocycles. The Hall–Kier alpha value is -3.61. The Labute approximate surface area is 143 Å². The minimum atomic E-state index is -1.31. The quantitative estimate of drug-likeness (QED) is 0.770. The number of amides is 1.